The van der Waals surface area contributed by atoms with Gasteiger partial charge in [-0.15, -0.1) is 13.2 Å². The van der Waals surface area contributed by atoms with E-state index in [2.05, 4.69) is 4.74 Å². The Hall–Kier alpha value is -3.75. The Labute approximate surface area is 157 Å². The molecule has 1 heterocycles. The molecule has 29 heavy (non-hydrogen) atoms. The van der Waals surface area contributed by atoms with Crippen LogP contribution in [0.3, 0.4) is 0 Å². The molecule has 12 heteroatoms. The van der Waals surface area contributed by atoms with Gasteiger partial charge in [0.15, 0.2) is 5.69 Å². The number of nitriles is 1. The number of nitrogens with zero attached hydrogens (tertiary/aromatic N) is 3. The van der Waals surface area contributed by atoms with E-state index in [1.54, 1.807) is 0 Å². The van der Waals surface area contributed by atoms with E-state index < -0.39 is 46.3 Å². The highest BCUT2D eigenvalue weighted by atomic mass is 19.4. The summed E-state index contributed by atoms with van der Waals surface area (Å²) in [6.45, 7) is 0. The molecule has 0 amide bonds. The Balaban J connectivity index is 2.23. The summed E-state index contributed by atoms with van der Waals surface area (Å²) in [6, 6.07) is 6.95. The fourth-order valence-corrected chi connectivity index (χ4v) is 2.63. The molecule has 1 aromatic heterocycles. The van der Waals surface area contributed by atoms with E-state index in [0.717, 1.165) is 30.3 Å². The number of aromatic nitrogens is 2. The first kappa shape index (κ1) is 20.0. The zero-order valence-electron chi connectivity index (χ0n) is 13.9. The van der Waals surface area contributed by atoms with Gasteiger partial charge in [-0.05, 0) is 36.4 Å². The first-order valence-electron chi connectivity index (χ1n) is 7.58. The van der Waals surface area contributed by atoms with Gasteiger partial charge in [-0.1, -0.05) is 0 Å². The number of alkyl halides is 6. The second kappa shape index (κ2) is 6.69. The van der Waals surface area contributed by atoms with Gasteiger partial charge in [0.2, 0.25) is 0 Å². The maximum absolute atomic E-state index is 12.9. The summed E-state index contributed by atoms with van der Waals surface area (Å²) < 4.78 is 79.0. The third kappa shape index (κ3) is 3.79. The average Bonchev–Trinajstić information content (AvgIpc) is 2.63. The Morgan fingerprint density at radius 1 is 1.03 bits per heavy atom. The van der Waals surface area contributed by atoms with E-state index in [9.17, 15) is 41.7 Å². The van der Waals surface area contributed by atoms with Gasteiger partial charge >= 0.3 is 18.2 Å². The predicted molar refractivity (Wildman–Crippen MR) is 85.9 cm³/mol. The van der Waals surface area contributed by atoms with Crippen LogP contribution in [-0.2, 0) is 6.18 Å². The van der Waals surface area contributed by atoms with E-state index in [0.29, 0.717) is 12.1 Å². The minimum Gasteiger partial charge on any atom is -0.804 e. The topological polar surface area (TPSA) is 84.0 Å². The summed E-state index contributed by atoms with van der Waals surface area (Å²) in [5, 5.41) is 21.7. The maximum Gasteiger partial charge on any atom is 0.573 e. The zero-order valence-corrected chi connectivity index (χ0v) is 13.9. The molecule has 0 aliphatic heterocycles. The minimum absolute atomic E-state index is 0.0715. The summed E-state index contributed by atoms with van der Waals surface area (Å²) in [5.41, 5.74) is -3.81. The van der Waals surface area contributed by atoms with Gasteiger partial charge in [0.25, 0.3) is 5.52 Å². The number of benzene rings is 2. The lowest BCUT2D eigenvalue weighted by Gasteiger charge is -2.16. The molecule has 3 rings (SSSR count). The number of hydrogen-bond donors (Lipinski definition) is 0. The SMILES string of the molecule is N#Cc1c(-c2ccc(OC(F)(F)F)cc2)[n+](=O)c2ccc(C(F)(F)F)cc2n1[O-]. The molecule has 0 spiro atoms. The van der Waals surface area contributed by atoms with Crippen molar-refractivity contribution in [3.8, 4) is 23.1 Å². The summed E-state index contributed by atoms with van der Waals surface area (Å²) in [6.07, 6.45) is -9.73. The van der Waals surface area contributed by atoms with Gasteiger partial charge < -0.3 is 14.7 Å². The smallest absolute Gasteiger partial charge is 0.573 e. The molecular formula is C17H7F6N3O3. The number of fused-ring (bicyclic) bond motifs is 1. The van der Waals surface area contributed by atoms with Crippen molar-refractivity contribution in [1.29, 1.82) is 5.26 Å². The lowest BCUT2D eigenvalue weighted by atomic mass is 10.1. The highest BCUT2D eigenvalue weighted by molar-refractivity contribution is 5.77. The highest BCUT2D eigenvalue weighted by Crippen LogP contribution is 2.32. The summed E-state index contributed by atoms with van der Waals surface area (Å²) >= 11 is 0. The largest absolute Gasteiger partial charge is 0.804 e. The van der Waals surface area contributed by atoms with Crippen molar-refractivity contribution in [3.05, 3.63) is 63.8 Å². The van der Waals surface area contributed by atoms with Crippen LogP contribution in [0.25, 0.3) is 22.3 Å². The summed E-state index contributed by atoms with van der Waals surface area (Å²) in [4.78, 5) is 12.7. The third-order valence-electron chi connectivity index (χ3n) is 3.84. The van der Waals surface area contributed by atoms with Crippen LogP contribution in [0.15, 0.2) is 42.5 Å². The second-order valence-corrected chi connectivity index (χ2v) is 5.67. The van der Waals surface area contributed by atoms with Crippen molar-refractivity contribution in [2.75, 3.05) is 0 Å². The molecular weight excluding hydrogens is 408 g/mol. The molecule has 0 aliphatic rings. The van der Waals surface area contributed by atoms with Crippen LogP contribution in [0.5, 0.6) is 5.75 Å². The molecule has 0 radical (unpaired) electrons. The molecule has 6 nitrogen and oxygen atoms in total. The number of halogens is 6. The summed E-state index contributed by atoms with van der Waals surface area (Å²) in [5.74, 6) is -0.609. The van der Waals surface area contributed by atoms with Crippen LogP contribution < -0.4 is 9.16 Å². The molecule has 0 unspecified atom stereocenters. The van der Waals surface area contributed by atoms with Crippen LogP contribution in [0.4, 0.5) is 26.3 Å². The van der Waals surface area contributed by atoms with E-state index in [1.807, 2.05) is 0 Å². The van der Waals surface area contributed by atoms with E-state index in [1.165, 1.54) is 6.07 Å². The Kier molecular flexibility index (Phi) is 4.62. The standard InChI is InChI=1S/C17H7F6N3O3/c18-16(19,20)10-3-6-12-13(7-10)25(27)14(8-24)15(26(12)28)9-1-4-11(5-2-9)29-17(21,22)23/h1-7H. The van der Waals surface area contributed by atoms with Crippen LogP contribution in [0, 0.1) is 21.4 Å². The molecule has 0 saturated carbocycles. The molecule has 0 N–H and O–H groups in total. The van der Waals surface area contributed by atoms with Crippen molar-refractivity contribution < 1.29 is 35.5 Å². The maximum atomic E-state index is 12.9. The number of rotatable bonds is 2. The van der Waals surface area contributed by atoms with Crippen molar-refractivity contribution in [2.24, 2.45) is 0 Å². The van der Waals surface area contributed by atoms with Gasteiger partial charge in [-0.3, -0.25) is 0 Å². The molecule has 0 atom stereocenters. The lowest BCUT2D eigenvalue weighted by molar-refractivity contribution is -0.452. The predicted octanol–water partition coefficient (Wildman–Crippen LogP) is 4.36. The third-order valence-corrected chi connectivity index (χ3v) is 3.84. The first-order chi connectivity index (χ1) is 13.4. The highest BCUT2D eigenvalue weighted by Gasteiger charge is 2.33. The normalized spacial score (nSPS) is 12.0. The zero-order chi connectivity index (χ0) is 21.6. The molecule has 0 fully saturated rings. The fourth-order valence-electron chi connectivity index (χ4n) is 2.63. The Morgan fingerprint density at radius 2 is 1.66 bits per heavy atom. The van der Waals surface area contributed by atoms with Crippen molar-refractivity contribution >= 4 is 11.0 Å². The minimum atomic E-state index is -4.95. The number of hydrogen-bond acceptors (Lipinski definition) is 4. The van der Waals surface area contributed by atoms with Crippen LogP contribution in [-0.4, -0.2) is 11.1 Å². The molecule has 150 valence electrons. The van der Waals surface area contributed by atoms with E-state index >= 15 is 0 Å². The summed E-state index contributed by atoms with van der Waals surface area (Å²) in [7, 11) is 0. The van der Waals surface area contributed by atoms with Crippen LogP contribution >= 0.6 is 0 Å². The average molecular weight is 415 g/mol. The van der Waals surface area contributed by atoms with Gasteiger partial charge in [-0.2, -0.15) is 18.4 Å². The van der Waals surface area contributed by atoms with Crippen molar-refractivity contribution in [3.63, 3.8) is 0 Å². The fraction of sp³-hybridized carbons (Fsp3) is 0.118. The molecule has 3 aromatic rings. The van der Waals surface area contributed by atoms with Crippen LogP contribution in [0.1, 0.15) is 11.3 Å². The van der Waals surface area contributed by atoms with Gasteiger partial charge in [0, 0.05) is 11.0 Å². The second-order valence-electron chi connectivity index (χ2n) is 5.67. The lowest BCUT2D eigenvalue weighted by Crippen LogP contribution is -2.25. The van der Waals surface area contributed by atoms with Crippen molar-refractivity contribution in [1.82, 2.24) is 4.73 Å². The molecule has 0 saturated heterocycles. The Bertz CT molecular complexity index is 1190. The molecule has 0 bridgehead atoms. The molecule has 2 aromatic carbocycles. The van der Waals surface area contributed by atoms with Crippen molar-refractivity contribution in [2.45, 2.75) is 12.5 Å². The van der Waals surface area contributed by atoms with E-state index in [4.69, 9.17) is 0 Å². The monoisotopic (exact) mass is 415 g/mol. The van der Waals surface area contributed by atoms with Gasteiger partial charge in [0.1, 0.15) is 17.3 Å². The van der Waals surface area contributed by atoms with E-state index in [-0.39, 0.29) is 14.7 Å². The number of ether oxygens (including phenoxy) is 1. The van der Waals surface area contributed by atoms with Crippen LogP contribution in [0.2, 0.25) is 0 Å². The first-order valence-corrected chi connectivity index (χ1v) is 7.58. The van der Waals surface area contributed by atoms with Gasteiger partial charge in [-0.25, -0.2) is 0 Å². The van der Waals surface area contributed by atoms with Gasteiger partial charge in [0.05, 0.1) is 15.6 Å². The Morgan fingerprint density at radius 3 is 2.17 bits per heavy atom. The quantitative estimate of drug-likeness (QED) is 0.460. The molecule has 0 aliphatic carbocycles.